The highest BCUT2D eigenvalue weighted by Crippen LogP contribution is 2.27. The molecule has 0 bridgehead atoms. The van der Waals surface area contributed by atoms with Crippen molar-refractivity contribution in [2.45, 2.75) is 19.6 Å². The van der Waals surface area contributed by atoms with Crippen LogP contribution in [0.5, 0.6) is 0 Å². The van der Waals surface area contributed by atoms with Gasteiger partial charge in [0.2, 0.25) is 5.79 Å². The summed E-state index contributed by atoms with van der Waals surface area (Å²) in [4.78, 5) is 23.1. The van der Waals surface area contributed by atoms with Crippen LogP contribution in [0.4, 0.5) is 5.69 Å². The van der Waals surface area contributed by atoms with E-state index in [-0.39, 0.29) is 0 Å². The molecular formula is C20H20N8O2. The van der Waals surface area contributed by atoms with Crippen LogP contribution in [-0.4, -0.2) is 26.0 Å². The van der Waals surface area contributed by atoms with Crippen molar-refractivity contribution in [2.75, 3.05) is 5.32 Å². The predicted octanol–water partition coefficient (Wildman–Crippen LogP) is 1.80. The van der Waals surface area contributed by atoms with Crippen LogP contribution in [0.1, 0.15) is 18.2 Å². The summed E-state index contributed by atoms with van der Waals surface area (Å²) < 4.78 is 6.79. The summed E-state index contributed by atoms with van der Waals surface area (Å²) in [6.45, 7) is 3.85. The third-order valence-corrected chi connectivity index (χ3v) is 5.16. The van der Waals surface area contributed by atoms with E-state index < -0.39 is 11.5 Å². The van der Waals surface area contributed by atoms with E-state index in [1.807, 2.05) is 33.0 Å². The first-order chi connectivity index (χ1) is 14.3. The molecule has 0 saturated heterocycles. The fraction of sp³-hybridized carbons (Fsp3) is 0.200. The maximum absolute atomic E-state index is 11.4. The first-order valence-electron chi connectivity index (χ1n) is 9.35. The van der Waals surface area contributed by atoms with Gasteiger partial charge in [-0.2, -0.15) is 5.10 Å². The summed E-state index contributed by atoms with van der Waals surface area (Å²) in [5, 5.41) is 11.9. The van der Waals surface area contributed by atoms with Crippen LogP contribution >= 0.6 is 0 Å². The first kappa shape index (κ1) is 18.1. The van der Waals surface area contributed by atoms with Crippen LogP contribution < -0.4 is 22.1 Å². The third kappa shape index (κ3) is 2.85. The Balaban J connectivity index is 1.48. The minimum absolute atomic E-state index is 0.491. The Kier molecular flexibility index (Phi) is 3.80. The summed E-state index contributed by atoms with van der Waals surface area (Å²) in [5.74, 6) is -0.991. The fourth-order valence-electron chi connectivity index (χ4n) is 3.55. The van der Waals surface area contributed by atoms with E-state index in [1.54, 1.807) is 29.2 Å². The monoisotopic (exact) mass is 404 g/mol. The van der Waals surface area contributed by atoms with E-state index in [1.165, 1.54) is 0 Å². The lowest BCUT2D eigenvalue weighted by Crippen LogP contribution is -2.51. The van der Waals surface area contributed by atoms with Crippen molar-refractivity contribution in [1.82, 2.24) is 25.1 Å². The molecule has 0 aliphatic carbocycles. The van der Waals surface area contributed by atoms with Crippen molar-refractivity contribution < 1.29 is 4.42 Å². The highest BCUT2D eigenvalue weighted by molar-refractivity contribution is 5.83. The lowest BCUT2D eigenvalue weighted by molar-refractivity contribution is 0.395. The topological polar surface area (TPSA) is 139 Å². The minimum atomic E-state index is -1.20. The summed E-state index contributed by atoms with van der Waals surface area (Å²) >= 11 is 0. The van der Waals surface area contributed by atoms with Gasteiger partial charge in [0.1, 0.15) is 5.82 Å². The van der Waals surface area contributed by atoms with Crippen LogP contribution in [0, 0.1) is 6.92 Å². The van der Waals surface area contributed by atoms with Crippen molar-refractivity contribution >= 4 is 34.0 Å². The number of fused-ring (bicyclic) bond motifs is 2. The number of rotatable bonds is 3. The maximum atomic E-state index is 11.4. The van der Waals surface area contributed by atoms with Crippen LogP contribution in [0.15, 0.2) is 56.1 Å². The number of oxazole rings is 1. The molecule has 5 rings (SSSR count). The second-order valence-corrected chi connectivity index (χ2v) is 7.36. The van der Waals surface area contributed by atoms with Gasteiger partial charge < -0.3 is 15.1 Å². The molecule has 0 fully saturated rings. The number of nitrogens with two attached hydrogens (primary N) is 1. The van der Waals surface area contributed by atoms with Crippen molar-refractivity contribution in [3.63, 3.8) is 0 Å². The van der Waals surface area contributed by atoms with Gasteiger partial charge in [-0.3, -0.25) is 15.4 Å². The van der Waals surface area contributed by atoms with E-state index in [0.29, 0.717) is 22.5 Å². The Hall–Kier alpha value is -3.92. The number of nitrogens with zero attached hydrogens (tertiary/aromatic N) is 4. The van der Waals surface area contributed by atoms with E-state index in [2.05, 4.69) is 30.7 Å². The molecule has 0 spiro atoms. The normalized spacial score (nSPS) is 18.9. The molecule has 5 N–H and O–H groups in total. The molecule has 10 nitrogen and oxygen atoms in total. The number of hydrogen-bond donors (Lipinski definition) is 4. The number of aromatic nitrogens is 4. The Bertz CT molecular complexity index is 1420. The summed E-state index contributed by atoms with van der Waals surface area (Å²) in [6, 6.07) is 7.28. The Labute approximate surface area is 170 Å². The SMILES string of the molecule is CC1=C(Nc2ccc3oc(=O)[nH]c3c2)NC(N)(c2cnc3c(c2)c(C)nn3C)N=C1. The molecular weight excluding hydrogens is 384 g/mol. The zero-order valence-corrected chi connectivity index (χ0v) is 16.6. The van der Waals surface area contributed by atoms with Crippen LogP contribution in [0.25, 0.3) is 22.1 Å². The average molecular weight is 404 g/mol. The minimum Gasteiger partial charge on any atom is -0.408 e. The molecule has 1 aliphatic heterocycles. The average Bonchev–Trinajstić information content (AvgIpc) is 3.22. The van der Waals surface area contributed by atoms with Crippen molar-refractivity contribution in [3.8, 4) is 0 Å². The second-order valence-electron chi connectivity index (χ2n) is 7.36. The number of aromatic amines is 1. The van der Waals surface area contributed by atoms with Crippen molar-refractivity contribution in [2.24, 2.45) is 17.8 Å². The molecule has 4 heterocycles. The van der Waals surface area contributed by atoms with Gasteiger partial charge in [-0.25, -0.2) is 14.8 Å². The van der Waals surface area contributed by atoms with Gasteiger partial charge in [-0.05, 0) is 38.1 Å². The predicted molar refractivity (Wildman–Crippen MR) is 114 cm³/mol. The van der Waals surface area contributed by atoms with Gasteiger partial charge in [0.25, 0.3) is 0 Å². The van der Waals surface area contributed by atoms with Crippen molar-refractivity contribution in [3.05, 3.63) is 63.7 Å². The second kappa shape index (κ2) is 6.29. The van der Waals surface area contributed by atoms with Gasteiger partial charge in [0.05, 0.1) is 11.2 Å². The van der Waals surface area contributed by atoms with Crippen molar-refractivity contribution in [1.29, 1.82) is 0 Å². The molecule has 1 unspecified atom stereocenters. The zero-order valence-electron chi connectivity index (χ0n) is 16.6. The Morgan fingerprint density at radius 1 is 1.27 bits per heavy atom. The van der Waals surface area contributed by atoms with Crippen LogP contribution in [-0.2, 0) is 12.8 Å². The quantitative estimate of drug-likeness (QED) is 0.408. The number of anilines is 1. The number of nitrogens with one attached hydrogen (secondary N) is 3. The molecule has 0 saturated carbocycles. The standard InChI is InChI=1S/C20H20N8O2/c1-10-8-23-20(21,12-6-14-11(2)27-28(3)18(14)22-9-12)26-17(10)24-13-4-5-16-15(7-13)25-19(29)30-16/h4-9,24,26H,21H2,1-3H3,(H,25,29). The number of allylic oxidation sites excluding steroid dienone is 1. The number of benzene rings is 1. The number of pyridine rings is 1. The highest BCUT2D eigenvalue weighted by atomic mass is 16.4. The molecule has 1 aliphatic rings. The smallest absolute Gasteiger partial charge is 0.408 e. The molecule has 30 heavy (non-hydrogen) atoms. The van der Waals surface area contributed by atoms with Gasteiger partial charge in [0, 0.05) is 41.7 Å². The fourth-order valence-corrected chi connectivity index (χ4v) is 3.55. The Morgan fingerprint density at radius 3 is 2.93 bits per heavy atom. The van der Waals surface area contributed by atoms with Gasteiger partial charge in [-0.15, -0.1) is 0 Å². The van der Waals surface area contributed by atoms with Gasteiger partial charge in [0.15, 0.2) is 11.2 Å². The molecule has 1 aromatic carbocycles. The largest absolute Gasteiger partial charge is 0.417 e. The molecule has 0 amide bonds. The van der Waals surface area contributed by atoms with Crippen LogP contribution in [0.3, 0.4) is 0 Å². The zero-order chi connectivity index (χ0) is 21.0. The number of aliphatic imine (C=N–C) groups is 1. The van der Waals surface area contributed by atoms with Gasteiger partial charge in [-0.1, -0.05) is 0 Å². The highest BCUT2D eigenvalue weighted by Gasteiger charge is 2.31. The molecule has 1 atom stereocenters. The van der Waals surface area contributed by atoms with E-state index >= 15 is 0 Å². The molecule has 0 radical (unpaired) electrons. The molecule has 152 valence electrons. The van der Waals surface area contributed by atoms with E-state index in [0.717, 1.165) is 28.0 Å². The first-order valence-corrected chi connectivity index (χ1v) is 9.35. The molecule has 4 aromatic rings. The summed E-state index contributed by atoms with van der Waals surface area (Å²) in [6.07, 6.45) is 3.42. The maximum Gasteiger partial charge on any atom is 0.417 e. The van der Waals surface area contributed by atoms with Gasteiger partial charge >= 0.3 is 5.76 Å². The summed E-state index contributed by atoms with van der Waals surface area (Å²) in [5.41, 5.74) is 11.7. The molecule has 3 aromatic heterocycles. The van der Waals surface area contributed by atoms with E-state index in [9.17, 15) is 4.79 Å². The number of hydrogen-bond acceptors (Lipinski definition) is 8. The Morgan fingerprint density at radius 2 is 2.10 bits per heavy atom. The lowest BCUT2D eigenvalue weighted by Gasteiger charge is -2.33. The van der Waals surface area contributed by atoms with E-state index in [4.69, 9.17) is 10.2 Å². The summed E-state index contributed by atoms with van der Waals surface area (Å²) in [7, 11) is 1.86. The third-order valence-electron chi connectivity index (χ3n) is 5.16. The number of H-pyrrole nitrogens is 1. The van der Waals surface area contributed by atoms with Crippen LogP contribution in [0.2, 0.25) is 0 Å². The lowest BCUT2D eigenvalue weighted by atomic mass is 10.1. The number of aryl methyl sites for hydroxylation is 2. The molecule has 10 heteroatoms.